The van der Waals surface area contributed by atoms with E-state index in [1.165, 1.54) is 30.5 Å². The second-order valence-electron chi connectivity index (χ2n) is 7.94. The van der Waals surface area contributed by atoms with Gasteiger partial charge in [0.25, 0.3) is 0 Å². The van der Waals surface area contributed by atoms with E-state index in [1.54, 1.807) is 37.3 Å². The van der Waals surface area contributed by atoms with Crippen molar-refractivity contribution >= 4 is 38.9 Å². The predicted molar refractivity (Wildman–Crippen MR) is 128 cm³/mol. The van der Waals surface area contributed by atoms with Crippen LogP contribution in [-0.4, -0.2) is 50.8 Å². The average molecular weight is 475 g/mol. The Kier molecular flexibility index (Phi) is 7.93. The van der Waals surface area contributed by atoms with Gasteiger partial charge in [-0.05, 0) is 62.2 Å². The third kappa shape index (κ3) is 6.23. The van der Waals surface area contributed by atoms with E-state index in [4.69, 9.17) is 4.74 Å². The van der Waals surface area contributed by atoms with Gasteiger partial charge >= 0.3 is 0 Å². The van der Waals surface area contributed by atoms with E-state index in [0.29, 0.717) is 35.9 Å². The molecule has 1 atom stereocenters. The van der Waals surface area contributed by atoms with Crippen LogP contribution in [0, 0.1) is 0 Å². The summed E-state index contributed by atoms with van der Waals surface area (Å²) in [5.74, 6) is 0.00676. The molecule has 1 aliphatic rings. The number of amides is 2. The highest BCUT2D eigenvalue weighted by Crippen LogP contribution is 2.29. The molecule has 0 aromatic heterocycles. The number of carbonyl (C=O) groups excluding carboxylic acids is 2. The molecule has 10 heteroatoms. The van der Waals surface area contributed by atoms with Gasteiger partial charge in [0, 0.05) is 31.4 Å². The van der Waals surface area contributed by atoms with Gasteiger partial charge in [0.15, 0.2) is 0 Å². The Balaban J connectivity index is 1.66. The number of piperidine rings is 1. The van der Waals surface area contributed by atoms with Crippen LogP contribution < -0.4 is 20.7 Å². The number of sulfonamides is 1. The number of hydrogen-bond donors (Lipinski definition) is 3. The number of benzene rings is 2. The third-order valence-corrected chi connectivity index (χ3v) is 7.27. The van der Waals surface area contributed by atoms with Gasteiger partial charge in [-0.2, -0.15) is 4.31 Å². The third-order valence-electron chi connectivity index (χ3n) is 5.36. The van der Waals surface area contributed by atoms with Crippen LogP contribution in [0.25, 0.3) is 0 Å². The highest BCUT2D eigenvalue weighted by atomic mass is 32.2. The Hall–Kier alpha value is -3.11. The van der Waals surface area contributed by atoms with Crippen molar-refractivity contribution in [3.8, 4) is 5.75 Å². The number of rotatable bonds is 8. The molecule has 1 heterocycles. The lowest BCUT2D eigenvalue weighted by Crippen LogP contribution is -2.35. The van der Waals surface area contributed by atoms with Gasteiger partial charge in [-0.1, -0.05) is 6.42 Å². The maximum absolute atomic E-state index is 12.8. The van der Waals surface area contributed by atoms with E-state index in [-0.39, 0.29) is 16.7 Å². The van der Waals surface area contributed by atoms with Gasteiger partial charge < -0.3 is 20.7 Å². The molecule has 3 N–H and O–H groups in total. The molecule has 1 saturated heterocycles. The highest BCUT2D eigenvalue weighted by Gasteiger charge is 2.26. The van der Waals surface area contributed by atoms with Crippen LogP contribution in [-0.2, 0) is 19.6 Å². The molecule has 0 radical (unpaired) electrons. The number of anilines is 3. The van der Waals surface area contributed by atoms with Crippen molar-refractivity contribution in [1.82, 2.24) is 4.31 Å². The first-order chi connectivity index (χ1) is 15.7. The fourth-order valence-corrected chi connectivity index (χ4v) is 5.13. The molecule has 178 valence electrons. The number of ether oxygens (including phenoxy) is 1. The molecule has 0 aliphatic carbocycles. The first-order valence-corrected chi connectivity index (χ1v) is 12.3. The van der Waals surface area contributed by atoms with Crippen LogP contribution >= 0.6 is 0 Å². The molecule has 1 aliphatic heterocycles. The number of methoxy groups -OCH3 is 1. The van der Waals surface area contributed by atoms with Crippen molar-refractivity contribution in [2.45, 2.75) is 44.0 Å². The molecule has 0 unspecified atom stereocenters. The summed E-state index contributed by atoms with van der Waals surface area (Å²) in [4.78, 5) is 24.2. The van der Waals surface area contributed by atoms with Crippen molar-refractivity contribution in [3.05, 3.63) is 42.5 Å². The normalized spacial score (nSPS) is 15.4. The van der Waals surface area contributed by atoms with Crippen LogP contribution in [0.3, 0.4) is 0 Å². The largest absolute Gasteiger partial charge is 0.495 e. The number of carbonyl (C=O) groups is 2. The topological polar surface area (TPSA) is 117 Å². The second kappa shape index (κ2) is 10.7. The average Bonchev–Trinajstić information content (AvgIpc) is 2.80. The van der Waals surface area contributed by atoms with Crippen LogP contribution in [0.2, 0.25) is 0 Å². The zero-order valence-corrected chi connectivity index (χ0v) is 19.9. The minimum absolute atomic E-state index is 0.206. The van der Waals surface area contributed by atoms with Gasteiger partial charge in [0.05, 0.1) is 17.7 Å². The molecule has 0 bridgehead atoms. The van der Waals surface area contributed by atoms with Gasteiger partial charge in [-0.15, -0.1) is 0 Å². The van der Waals surface area contributed by atoms with E-state index < -0.39 is 16.1 Å². The smallest absolute Gasteiger partial charge is 0.246 e. The second-order valence-corrected chi connectivity index (χ2v) is 9.88. The minimum atomic E-state index is -3.52. The first-order valence-electron chi connectivity index (χ1n) is 10.8. The van der Waals surface area contributed by atoms with E-state index in [0.717, 1.165) is 19.3 Å². The summed E-state index contributed by atoms with van der Waals surface area (Å²) >= 11 is 0. The van der Waals surface area contributed by atoms with Gasteiger partial charge in [0.1, 0.15) is 11.8 Å². The van der Waals surface area contributed by atoms with Crippen LogP contribution in [0.15, 0.2) is 47.4 Å². The van der Waals surface area contributed by atoms with E-state index in [9.17, 15) is 18.0 Å². The Labute approximate surface area is 194 Å². The SMILES string of the molecule is COc1ccc(NC(C)=O)cc1N[C@@H](C)C(=O)Nc1ccc(S(=O)(=O)N2CCCCC2)cc1. The number of nitrogens with zero attached hydrogens (tertiary/aromatic N) is 1. The zero-order valence-electron chi connectivity index (χ0n) is 19.1. The standard InChI is InChI=1S/C23H30N4O5S/c1-16(24-21-15-19(25-17(2)28)9-12-22(21)32-3)23(29)26-18-7-10-20(11-8-18)33(30,31)27-13-5-4-6-14-27/h7-12,15-16,24H,4-6,13-14H2,1-3H3,(H,25,28)(H,26,29)/t16-/m0/s1. The Morgan fingerprint density at radius 1 is 0.970 bits per heavy atom. The Bertz CT molecular complexity index is 1100. The maximum Gasteiger partial charge on any atom is 0.246 e. The molecule has 33 heavy (non-hydrogen) atoms. The number of hydrogen-bond acceptors (Lipinski definition) is 6. The molecule has 9 nitrogen and oxygen atoms in total. The molecule has 3 rings (SSSR count). The highest BCUT2D eigenvalue weighted by molar-refractivity contribution is 7.89. The van der Waals surface area contributed by atoms with Crippen molar-refractivity contribution < 1.29 is 22.7 Å². The van der Waals surface area contributed by atoms with Gasteiger partial charge in [-0.25, -0.2) is 8.42 Å². The molecule has 2 aromatic carbocycles. The van der Waals surface area contributed by atoms with E-state index in [1.807, 2.05) is 0 Å². The van der Waals surface area contributed by atoms with Crippen LogP contribution in [0.4, 0.5) is 17.1 Å². The maximum atomic E-state index is 12.8. The molecule has 1 fully saturated rings. The Morgan fingerprint density at radius 2 is 1.61 bits per heavy atom. The fraction of sp³-hybridized carbons (Fsp3) is 0.391. The molecular formula is C23H30N4O5S. The summed E-state index contributed by atoms with van der Waals surface area (Å²) in [6.07, 6.45) is 2.79. The molecule has 0 saturated carbocycles. The molecule has 2 aromatic rings. The lowest BCUT2D eigenvalue weighted by molar-refractivity contribution is -0.116. The van der Waals surface area contributed by atoms with Crippen LogP contribution in [0.1, 0.15) is 33.1 Å². The Morgan fingerprint density at radius 3 is 2.21 bits per heavy atom. The lowest BCUT2D eigenvalue weighted by Gasteiger charge is -2.25. The zero-order chi connectivity index (χ0) is 24.0. The lowest BCUT2D eigenvalue weighted by atomic mass is 10.2. The quantitative estimate of drug-likeness (QED) is 0.541. The van der Waals surface area contributed by atoms with Crippen LogP contribution in [0.5, 0.6) is 5.75 Å². The molecule has 0 spiro atoms. The number of nitrogens with one attached hydrogen (secondary N) is 3. The minimum Gasteiger partial charge on any atom is -0.495 e. The summed E-state index contributed by atoms with van der Waals surface area (Å²) in [6, 6.07) is 10.6. The van der Waals surface area contributed by atoms with Gasteiger partial charge in [-0.3, -0.25) is 9.59 Å². The first kappa shape index (κ1) is 24.5. The summed E-state index contributed by atoms with van der Waals surface area (Å²) in [6.45, 7) is 4.18. The summed E-state index contributed by atoms with van der Waals surface area (Å²) < 4.78 is 32.4. The monoisotopic (exact) mass is 474 g/mol. The molecule has 2 amide bonds. The van der Waals surface area contributed by atoms with E-state index in [2.05, 4.69) is 16.0 Å². The summed E-state index contributed by atoms with van der Waals surface area (Å²) in [5.41, 5.74) is 1.61. The van der Waals surface area contributed by atoms with E-state index >= 15 is 0 Å². The predicted octanol–water partition coefficient (Wildman–Crippen LogP) is 3.27. The summed E-state index contributed by atoms with van der Waals surface area (Å²) in [5, 5.41) is 8.56. The van der Waals surface area contributed by atoms with Gasteiger partial charge in [0.2, 0.25) is 21.8 Å². The van der Waals surface area contributed by atoms with Crippen molar-refractivity contribution in [2.75, 3.05) is 36.1 Å². The van der Waals surface area contributed by atoms with Crippen molar-refractivity contribution in [3.63, 3.8) is 0 Å². The van der Waals surface area contributed by atoms with Crippen molar-refractivity contribution in [1.29, 1.82) is 0 Å². The molecular weight excluding hydrogens is 444 g/mol. The summed E-state index contributed by atoms with van der Waals surface area (Å²) in [7, 11) is -2.00. The van der Waals surface area contributed by atoms with Crippen molar-refractivity contribution in [2.24, 2.45) is 0 Å². The fourth-order valence-electron chi connectivity index (χ4n) is 3.62.